The van der Waals surface area contributed by atoms with E-state index in [1.807, 2.05) is 0 Å². The highest BCUT2D eigenvalue weighted by atomic mass is 35.5. The quantitative estimate of drug-likeness (QED) is 0.800. The summed E-state index contributed by atoms with van der Waals surface area (Å²) >= 11 is 2.07. The minimum absolute atomic E-state index is 0. The van der Waals surface area contributed by atoms with Gasteiger partial charge < -0.3 is 10.6 Å². The first-order valence-corrected chi connectivity index (χ1v) is 9.94. The molecule has 2 saturated heterocycles. The molecular formula is C17H31ClN2OS. The third-order valence-corrected chi connectivity index (χ3v) is 6.67. The SMILES string of the molecule is CCSC1CCCC(NC(=O)CC2CC3CCC(C2)N3)C1.Cl. The second-order valence-electron chi connectivity index (χ2n) is 7.19. The number of rotatable bonds is 5. The Kier molecular flexibility index (Phi) is 7.36. The number of carbonyl (C=O) groups is 1. The van der Waals surface area contributed by atoms with Crippen molar-refractivity contribution >= 4 is 30.1 Å². The normalized spacial score (nSPS) is 37.4. The van der Waals surface area contributed by atoms with Crippen LogP contribution in [0.1, 0.15) is 64.7 Å². The molecule has 4 unspecified atom stereocenters. The summed E-state index contributed by atoms with van der Waals surface area (Å²) in [6.45, 7) is 2.23. The van der Waals surface area contributed by atoms with E-state index in [0.29, 0.717) is 30.0 Å². The van der Waals surface area contributed by atoms with Gasteiger partial charge in [0.15, 0.2) is 0 Å². The van der Waals surface area contributed by atoms with Crippen molar-refractivity contribution in [2.24, 2.45) is 5.92 Å². The fourth-order valence-electron chi connectivity index (χ4n) is 4.55. The van der Waals surface area contributed by atoms with Gasteiger partial charge in [-0.3, -0.25) is 4.79 Å². The average molecular weight is 347 g/mol. The van der Waals surface area contributed by atoms with Crippen LogP contribution in [-0.2, 0) is 4.79 Å². The largest absolute Gasteiger partial charge is 0.353 e. The fraction of sp³-hybridized carbons (Fsp3) is 0.941. The standard InChI is InChI=1S/C17H30N2OS.ClH/c1-2-21-16-5-3-4-13(11-16)19-17(20)10-12-8-14-6-7-15(9-12)18-14;/h12-16,18H,2-11H2,1H3,(H,19,20);1H. The van der Waals surface area contributed by atoms with E-state index in [2.05, 4.69) is 29.3 Å². The number of carbonyl (C=O) groups excluding carboxylic acids is 1. The van der Waals surface area contributed by atoms with Crippen LogP contribution in [0.25, 0.3) is 0 Å². The van der Waals surface area contributed by atoms with Crippen LogP contribution >= 0.6 is 24.2 Å². The molecule has 2 N–H and O–H groups in total. The van der Waals surface area contributed by atoms with E-state index in [0.717, 1.165) is 11.7 Å². The van der Waals surface area contributed by atoms with Gasteiger partial charge in [0.25, 0.3) is 0 Å². The van der Waals surface area contributed by atoms with Gasteiger partial charge in [0.2, 0.25) is 5.91 Å². The molecule has 22 heavy (non-hydrogen) atoms. The lowest BCUT2D eigenvalue weighted by Gasteiger charge is -2.31. The molecule has 0 radical (unpaired) electrons. The van der Waals surface area contributed by atoms with E-state index >= 15 is 0 Å². The summed E-state index contributed by atoms with van der Waals surface area (Å²) < 4.78 is 0. The molecule has 4 atom stereocenters. The molecular weight excluding hydrogens is 316 g/mol. The summed E-state index contributed by atoms with van der Waals surface area (Å²) in [7, 11) is 0. The molecule has 3 aliphatic rings. The number of thioether (sulfide) groups is 1. The minimum atomic E-state index is 0. The zero-order valence-corrected chi connectivity index (χ0v) is 15.3. The molecule has 1 aliphatic carbocycles. The third kappa shape index (κ3) is 5.04. The van der Waals surface area contributed by atoms with Crippen LogP contribution in [0.5, 0.6) is 0 Å². The molecule has 1 amide bonds. The van der Waals surface area contributed by atoms with E-state index in [1.165, 1.54) is 57.1 Å². The van der Waals surface area contributed by atoms with Crippen molar-refractivity contribution in [3.8, 4) is 0 Å². The van der Waals surface area contributed by atoms with E-state index in [-0.39, 0.29) is 12.4 Å². The van der Waals surface area contributed by atoms with Crippen molar-refractivity contribution < 1.29 is 4.79 Å². The summed E-state index contributed by atoms with van der Waals surface area (Å²) in [5, 5.41) is 7.76. The Hall–Kier alpha value is 0.0700. The van der Waals surface area contributed by atoms with Crippen LogP contribution in [0.3, 0.4) is 0 Å². The average Bonchev–Trinajstić information content (AvgIpc) is 2.78. The molecule has 3 rings (SSSR count). The molecule has 0 spiro atoms. The maximum atomic E-state index is 12.3. The summed E-state index contributed by atoms with van der Waals surface area (Å²) in [4.78, 5) is 12.3. The Morgan fingerprint density at radius 2 is 1.86 bits per heavy atom. The monoisotopic (exact) mass is 346 g/mol. The number of hydrogen-bond donors (Lipinski definition) is 2. The Morgan fingerprint density at radius 1 is 1.14 bits per heavy atom. The van der Waals surface area contributed by atoms with Crippen molar-refractivity contribution in [3.63, 3.8) is 0 Å². The van der Waals surface area contributed by atoms with Gasteiger partial charge in [-0.25, -0.2) is 0 Å². The van der Waals surface area contributed by atoms with Gasteiger partial charge in [0, 0.05) is 29.8 Å². The Morgan fingerprint density at radius 3 is 2.55 bits per heavy atom. The highest BCUT2D eigenvalue weighted by Crippen LogP contribution is 2.33. The number of halogens is 1. The zero-order valence-electron chi connectivity index (χ0n) is 13.7. The number of fused-ring (bicyclic) bond motifs is 2. The Balaban J connectivity index is 0.00000176. The molecule has 0 aromatic rings. The number of nitrogens with one attached hydrogen (secondary N) is 2. The first-order valence-electron chi connectivity index (χ1n) is 8.90. The predicted octanol–water partition coefficient (Wildman–Crippen LogP) is 3.51. The van der Waals surface area contributed by atoms with Crippen LogP contribution in [0.4, 0.5) is 0 Å². The maximum absolute atomic E-state index is 12.3. The van der Waals surface area contributed by atoms with Crippen LogP contribution in [0.15, 0.2) is 0 Å². The smallest absolute Gasteiger partial charge is 0.220 e. The van der Waals surface area contributed by atoms with Gasteiger partial charge >= 0.3 is 0 Å². The van der Waals surface area contributed by atoms with Crippen LogP contribution in [0, 0.1) is 5.92 Å². The molecule has 1 saturated carbocycles. The predicted molar refractivity (Wildman–Crippen MR) is 96.9 cm³/mol. The van der Waals surface area contributed by atoms with Crippen molar-refractivity contribution in [3.05, 3.63) is 0 Å². The van der Waals surface area contributed by atoms with Crippen molar-refractivity contribution in [1.29, 1.82) is 0 Å². The summed E-state index contributed by atoms with van der Waals surface area (Å²) in [6.07, 6.45) is 10.8. The van der Waals surface area contributed by atoms with Crippen LogP contribution in [0.2, 0.25) is 0 Å². The molecule has 2 bridgehead atoms. The van der Waals surface area contributed by atoms with Gasteiger partial charge in [-0.1, -0.05) is 13.3 Å². The summed E-state index contributed by atoms with van der Waals surface area (Å²) in [6, 6.07) is 1.83. The Labute approximate surface area is 145 Å². The third-order valence-electron chi connectivity index (χ3n) is 5.44. The van der Waals surface area contributed by atoms with Gasteiger partial charge in [0.1, 0.15) is 0 Å². The lowest BCUT2D eigenvalue weighted by atomic mass is 9.89. The molecule has 128 valence electrons. The number of hydrogen-bond acceptors (Lipinski definition) is 3. The van der Waals surface area contributed by atoms with Crippen LogP contribution in [-0.4, -0.2) is 35.0 Å². The lowest BCUT2D eigenvalue weighted by Crippen LogP contribution is -2.42. The molecule has 5 heteroatoms. The molecule has 0 aromatic carbocycles. The first-order chi connectivity index (χ1) is 10.2. The number of piperidine rings is 1. The molecule has 2 heterocycles. The summed E-state index contributed by atoms with van der Waals surface area (Å²) in [5.74, 6) is 2.13. The maximum Gasteiger partial charge on any atom is 0.220 e. The van der Waals surface area contributed by atoms with Gasteiger partial charge in [-0.15, -0.1) is 12.4 Å². The highest BCUT2D eigenvalue weighted by molar-refractivity contribution is 7.99. The van der Waals surface area contributed by atoms with Crippen molar-refractivity contribution in [2.75, 3.05) is 5.75 Å². The molecule has 3 fully saturated rings. The van der Waals surface area contributed by atoms with E-state index < -0.39 is 0 Å². The number of amides is 1. The zero-order chi connectivity index (χ0) is 14.7. The lowest BCUT2D eigenvalue weighted by molar-refractivity contribution is -0.123. The van der Waals surface area contributed by atoms with Crippen LogP contribution < -0.4 is 10.6 Å². The second-order valence-corrected chi connectivity index (χ2v) is 8.77. The first kappa shape index (κ1) is 18.4. The van der Waals surface area contributed by atoms with E-state index in [9.17, 15) is 4.79 Å². The fourth-order valence-corrected chi connectivity index (χ4v) is 5.73. The van der Waals surface area contributed by atoms with E-state index in [1.54, 1.807) is 0 Å². The van der Waals surface area contributed by atoms with Gasteiger partial charge in [-0.05, 0) is 56.6 Å². The molecule has 3 nitrogen and oxygen atoms in total. The van der Waals surface area contributed by atoms with Crippen molar-refractivity contribution in [2.45, 2.75) is 88.1 Å². The minimum Gasteiger partial charge on any atom is -0.353 e. The van der Waals surface area contributed by atoms with E-state index in [4.69, 9.17) is 0 Å². The summed E-state index contributed by atoms with van der Waals surface area (Å²) in [5.41, 5.74) is 0. The molecule has 0 aromatic heterocycles. The van der Waals surface area contributed by atoms with Crippen molar-refractivity contribution in [1.82, 2.24) is 10.6 Å². The Bertz CT molecular complexity index is 355. The van der Waals surface area contributed by atoms with Gasteiger partial charge in [0.05, 0.1) is 0 Å². The highest BCUT2D eigenvalue weighted by Gasteiger charge is 2.34. The second kappa shape index (κ2) is 8.79. The molecule has 2 aliphatic heterocycles. The van der Waals surface area contributed by atoms with Gasteiger partial charge in [-0.2, -0.15) is 11.8 Å². The topological polar surface area (TPSA) is 41.1 Å².